The van der Waals surface area contributed by atoms with Crippen LogP contribution in [0.4, 0.5) is 5.69 Å². The van der Waals surface area contributed by atoms with Crippen molar-refractivity contribution in [3.63, 3.8) is 0 Å². The first-order chi connectivity index (χ1) is 11.2. The third-order valence-corrected chi connectivity index (χ3v) is 4.74. The normalized spacial score (nSPS) is 19.9. The molecular weight excluding hydrogens is 290 g/mol. The molecule has 2 aliphatic rings. The summed E-state index contributed by atoms with van der Waals surface area (Å²) in [4.78, 5) is 19.0. The molecular formula is C18H27N3O2. The second kappa shape index (κ2) is 7.79. The number of carbonyl (C=O) groups excluding carboxylic acids is 1. The summed E-state index contributed by atoms with van der Waals surface area (Å²) in [7, 11) is 0. The van der Waals surface area contributed by atoms with Crippen molar-refractivity contribution >= 4 is 11.6 Å². The van der Waals surface area contributed by atoms with Crippen molar-refractivity contribution in [2.24, 2.45) is 0 Å². The molecule has 23 heavy (non-hydrogen) atoms. The van der Waals surface area contributed by atoms with Gasteiger partial charge in [0.2, 0.25) is 5.91 Å². The molecule has 1 amide bonds. The van der Waals surface area contributed by atoms with Gasteiger partial charge in [0.05, 0.1) is 13.2 Å². The molecule has 2 fully saturated rings. The maximum atomic E-state index is 12.2. The van der Waals surface area contributed by atoms with Gasteiger partial charge in [-0.05, 0) is 24.6 Å². The monoisotopic (exact) mass is 317 g/mol. The summed E-state index contributed by atoms with van der Waals surface area (Å²) in [6, 6.07) is 8.69. The molecule has 0 aliphatic carbocycles. The van der Waals surface area contributed by atoms with E-state index in [4.69, 9.17) is 4.74 Å². The van der Waals surface area contributed by atoms with E-state index in [9.17, 15) is 4.79 Å². The van der Waals surface area contributed by atoms with E-state index in [2.05, 4.69) is 41.0 Å². The summed E-state index contributed by atoms with van der Waals surface area (Å²) in [6.45, 7) is 10.0. The Morgan fingerprint density at radius 3 is 2.52 bits per heavy atom. The van der Waals surface area contributed by atoms with E-state index in [-0.39, 0.29) is 5.91 Å². The minimum atomic E-state index is 0.273. The second-order valence-electron chi connectivity index (χ2n) is 6.41. The van der Waals surface area contributed by atoms with E-state index in [1.54, 1.807) is 0 Å². The van der Waals surface area contributed by atoms with Crippen molar-refractivity contribution in [1.82, 2.24) is 9.80 Å². The summed E-state index contributed by atoms with van der Waals surface area (Å²) in [5, 5.41) is 0. The molecule has 0 radical (unpaired) electrons. The minimum absolute atomic E-state index is 0.273. The number of rotatable bonds is 4. The molecule has 5 heteroatoms. The van der Waals surface area contributed by atoms with Gasteiger partial charge in [-0.3, -0.25) is 9.69 Å². The van der Waals surface area contributed by atoms with Crippen molar-refractivity contribution in [3.05, 3.63) is 29.8 Å². The summed E-state index contributed by atoms with van der Waals surface area (Å²) in [6.07, 6.45) is 0.629. The summed E-state index contributed by atoms with van der Waals surface area (Å²) in [5.74, 6) is 0.273. The highest BCUT2D eigenvalue weighted by atomic mass is 16.5. The number of amides is 1. The summed E-state index contributed by atoms with van der Waals surface area (Å²) >= 11 is 0. The number of anilines is 1. The molecule has 5 nitrogen and oxygen atoms in total. The van der Waals surface area contributed by atoms with Crippen molar-refractivity contribution in [2.45, 2.75) is 13.3 Å². The molecule has 0 bridgehead atoms. The highest BCUT2D eigenvalue weighted by molar-refractivity contribution is 5.76. The van der Waals surface area contributed by atoms with Crippen molar-refractivity contribution in [3.8, 4) is 0 Å². The minimum Gasteiger partial charge on any atom is -0.378 e. The van der Waals surface area contributed by atoms with Crippen molar-refractivity contribution < 1.29 is 9.53 Å². The second-order valence-corrected chi connectivity index (χ2v) is 6.41. The molecule has 0 atom stereocenters. The molecule has 1 aromatic rings. The van der Waals surface area contributed by atoms with Crippen LogP contribution in [0.25, 0.3) is 0 Å². The fourth-order valence-corrected chi connectivity index (χ4v) is 3.28. The number of hydrogen-bond donors (Lipinski definition) is 0. The average Bonchev–Trinajstić information content (AvgIpc) is 2.61. The van der Waals surface area contributed by atoms with Gasteiger partial charge in [-0.15, -0.1) is 0 Å². The Labute approximate surface area is 138 Å². The molecule has 1 aromatic carbocycles. The quantitative estimate of drug-likeness (QED) is 0.840. The number of carbonyl (C=O) groups is 1. The first kappa shape index (κ1) is 16.3. The molecule has 0 unspecified atom stereocenters. The zero-order chi connectivity index (χ0) is 16.1. The first-order valence-electron chi connectivity index (χ1n) is 8.62. The van der Waals surface area contributed by atoms with Crippen LogP contribution in [-0.4, -0.2) is 74.7 Å². The Morgan fingerprint density at radius 2 is 1.83 bits per heavy atom. The van der Waals surface area contributed by atoms with Crippen LogP contribution in [0.3, 0.4) is 0 Å². The Morgan fingerprint density at radius 1 is 1.09 bits per heavy atom. The molecule has 126 valence electrons. The molecule has 0 aromatic heterocycles. The lowest BCUT2D eigenvalue weighted by Gasteiger charge is -2.36. The molecule has 2 saturated heterocycles. The van der Waals surface area contributed by atoms with Crippen molar-refractivity contribution in [1.29, 1.82) is 0 Å². The van der Waals surface area contributed by atoms with Gasteiger partial charge in [-0.25, -0.2) is 0 Å². The van der Waals surface area contributed by atoms with Crippen LogP contribution in [0.15, 0.2) is 24.3 Å². The van der Waals surface area contributed by atoms with Crippen LogP contribution < -0.4 is 4.90 Å². The van der Waals surface area contributed by atoms with E-state index >= 15 is 0 Å². The van der Waals surface area contributed by atoms with Crippen molar-refractivity contribution in [2.75, 3.05) is 63.9 Å². The van der Waals surface area contributed by atoms with Gasteiger partial charge in [0, 0.05) is 57.9 Å². The number of aryl methyl sites for hydroxylation is 1. The SMILES string of the molecule is Cc1cccc(N2CCN(CCC(=O)N3CCOCC3)CC2)c1. The van der Waals surface area contributed by atoms with Gasteiger partial charge in [0.1, 0.15) is 0 Å². The zero-order valence-corrected chi connectivity index (χ0v) is 14.0. The topological polar surface area (TPSA) is 36.0 Å². The fourth-order valence-electron chi connectivity index (χ4n) is 3.28. The Kier molecular flexibility index (Phi) is 5.51. The zero-order valence-electron chi connectivity index (χ0n) is 14.0. The number of hydrogen-bond acceptors (Lipinski definition) is 4. The number of nitrogens with zero attached hydrogens (tertiary/aromatic N) is 3. The van der Waals surface area contributed by atoms with Gasteiger partial charge < -0.3 is 14.5 Å². The summed E-state index contributed by atoms with van der Waals surface area (Å²) in [5.41, 5.74) is 2.62. The lowest BCUT2D eigenvalue weighted by molar-refractivity contribution is -0.135. The number of ether oxygens (including phenoxy) is 1. The lowest BCUT2D eigenvalue weighted by Crippen LogP contribution is -2.48. The third kappa shape index (κ3) is 4.45. The highest BCUT2D eigenvalue weighted by Gasteiger charge is 2.20. The Bertz CT molecular complexity index is 521. The Hall–Kier alpha value is -1.59. The van der Waals surface area contributed by atoms with Gasteiger partial charge in [-0.2, -0.15) is 0 Å². The molecule has 3 rings (SSSR count). The predicted molar refractivity (Wildman–Crippen MR) is 91.8 cm³/mol. The lowest BCUT2D eigenvalue weighted by atomic mass is 10.2. The molecule has 2 heterocycles. The van der Waals surface area contributed by atoms with E-state index in [1.807, 2.05) is 4.90 Å². The first-order valence-corrected chi connectivity index (χ1v) is 8.62. The van der Waals surface area contributed by atoms with E-state index < -0.39 is 0 Å². The third-order valence-electron chi connectivity index (χ3n) is 4.74. The van der Waals surface area contributed by atoms with Gasteiger partial charge >= 0.3 is 0 Å². The average molecular weight is 317 g/mol. The van der Waals surface area contributed by atoms with Crippen LogP contribution in [0.5, 0.6) is 0 Å². The maximum Gasteiger partial charge on any atom is 0.224 e. The maximum absolute atomic E-state index is 12.2. The van der Waals surface area contributed by atoms with E-state index in [1.165, 1.54) is 11.3 Å². The van der Waals surface area contributed by atoms with Crippen LogP contribution in [0.2, 0.25) is 0 Å². The fraction of sp³-hybridized carbons (Fsp3) is 0.611. The largest absolute Gasteiger partial charge is 0.378 e. The molecule has 0 N–H and O–H groups in total. The molecule has 0 spiro atoms. The molecule has 0 saturated carbocycles. The summed E-state index contributed by atoms with van der Waals surface area (Å²) < 4.78 is 5.30. The van der Waals surface area contributed by atoms with Gasteiger partial charge in [-0.1, -0.05) is 12.1 Å². The van der Waals surface area contributed by atoms with Crippen LogP contribution in [-0.2, 0) is 9.53 Å². The van der Waals surface area contributed by atoms with E-state index in [0.29, 0.717) is 19.6 Å². The van der Waals surface area contributed by atoms with E-state index in [0.717, 1.165) is 45.8 Å². The van der Waals surface area contributed by atoms with Gasteiger partial charge in [0.25, 0.3) is 0 Å². The van der Waals surface area contributed by atoms with Crippen LogP contribution in [0.1, 0.15) is 12.0 Å². The number of piperazine rings is 1. The predicted octanol–water partition coefficient (Wildman–Crippen LogP) is 1.37. The van der Waals surface area contributed by atoms with Gasteiger partial charge in [0.15, 0.2) is 0 Å². The highest BCUT2D eigenvalue weighted by Crippen LogP contribution is 2.17. The molecule has 2 aliphatic heterocycles. The van der Waals surface area contributed by atoms with Crippen LogP contribution in [0, 0.1) is 6.92 Å². The number of morpholine rings is 1. The standard InChI is InChI=1S/C18H27N3O2/c1-16-3-2-4-17(15-16)20-9-7-19(8-10-20)6-5-18(22)21-11-13-23-14-12-21/h2-4,15H,5-14H2,1H3. The van der Waals surface area contributed by atoms with Crippen LogP contribution >= 0.6 is 0 Å². The Balaban J connectivity index is 1.41. The smallest absolute Gasteiger partial charge is 0.224 e. The number of benzene rings is 1.